The molecule has 3 nitrogen and oxygen atoms in total. The topological polar surface area (TPSA) is 14.8 Å². The maximum atomic E-state index is 2.51. The van der Waals surface area contributed by atoms with Gasteiger partial charge in [-0.25, -0.2) is 0 Å². The summed E-state index contributed by atoms with van der Waals surface area (Å²) < 4.78 is 7.36. The average molecular weight is 574 g/mol. The van der Waals surface area contributed by atoms with E-state index in [1.54, 1.807) is 0 Å². The number of benzene rings is 7. The van der Waals surface area contributed by atoms with Crippen molar-refractivity contribution in [3.63, 3.8) is 0 Å². The van der Waals surface area contributed by atoms with Crippen LogP contribution >= 0.6 is 0 Å². The van der Waals surface area contributed by atoms with Gasteiger partial charge in [-0.1, -0.05) is 109 Å². The van der Waals surface area contributed by atoms with Crippen LogP contribution < -0.4 is 0 Å². The summed E-state index contributed by atoms with van der Waals surface area (Å²) in [6.07, 6.45) is 0. The number of fused-ring (bicyclic) bond motifs is 9. The lowest BCUT2D eigenvalue weighted by molar-refractivity contribution is 1.14. The van der Waals surface area contributed by atoms with Gasteiger partial charge in [0.05, 0.1) is 44.5 Å². The molecule has 210 valence electrons. The molecule has 10 rings (SSSR count). The summed E-state index contributed by atoms with van der Waals surface area (Å²) >= 11 is 0. The Hall–Kier alpha value is -6.06. The molecule has 3 heterocycles. The SMILES string of the molecule is c1ccc(-n2c3ccccc3c3c(-n4c5ccccc5c5cccc(-n6c7ccccc7c7ccccc76)c54)cccc32)cc1. The summed E-state index contributed by atoms with van der Waals surface area (Å²) in [4.78, 5) is 0. The number of hydrogen-bond donors (Lipinski definition) is 0. The van der Waals surface area contributed by atoms with Crippen LogP contribution in [-0.2, 0) is 0 Å². The fourth-order valence-corrected chi connectivity index (χ4v) is 7.66. The minimum absolute atomic E-state index is 1.16. The molecule has 0 radical (unpaired) electrons. The van der Waals surface area contributed by atoms with Crippen molar-refractivity contribution in [3.8, 4) is 17.1 Å². The maximum Gasteiger partial charge on any atom is 0.0782 e. The zero-order chi connectivity index (χ0) is 29.5. The van der Waals surface area contributed by atoms with E-state index in [0.29, 0.717) is 0 Å². The van der Waals surface area contributed by atoms with Gasteiger partial charge in [-0.3, -0.25) is 0 Å². The van der Waals surface area contributed by atoms with Crippen LogP contribution in [0.4, 0.5) is 0 Å². The molecule has 0 aliphatic carbocycles. The first kappa shape index (κ1) is 24.4. The molecule has 0 saturated heterocycles. The molecule has 3 aromatic heterocycles. The minimum Gasteiger partial charge on any atom is -0.309 e. The number of hydrogen-bond acceptors (Lipinski definition) is 0. The second-order valence-electron chi connectivity index (χ2n) is 11.8. The van der Waals surface area contributed by atoms with Gasteiger partial charge in [-0.2, -0.15) is 0 Å². The molecular formula is C42H27N3. The van der Waals surface area contributed by atoms with E-state index in [1.165, 1.54) is 76.8 Å². The van der Waals surface area contributed by atoms with E-state index in [2.05, 4.69) is 177 Å². The van der Waals surface area contributed by atoms with Gasteiger partial charge in [0.25, 0.3) is 0 Å². The molecule has 0 aliphatic rings. The van der Waals surface area contributed by atoms with Crippen molar-refractivity contribution >= 4 is 65.4 Å². The lowest BCUT2D eigenvalue weighted by Gasteiger charge is -2.15. The van der Waals surface area contributed by atoms with Gasteiger partial charge in [0.1, 0.15) is 0 Å². The monoisotopic (exact) mass is 573 g/mol. The van der Waals surface area contributed by atoms with Crippen molar-refractivity contribution in [2.45, 2.75) is 0 Å². The highest BCUT2D eigenvalue weighted by molar-refractivity contribution is 6.18. The van der Waals surface area contributed by atoms with Crippen LogP contribution in [0, 0.1) is 0 Å². The van der Waals surface area contributed by atoms with Crippen LogP contribution in [0.25, 0.3) is 82.5 Å². The molecule has 3 heteroatoms. The van der Waals surface area contributed by atoms with Crippen LogP contribution in [0.3, 0.4) is 0 Å². The van der Waals surface area contributed by atoms with E-state index >= 15 is 0 Å². The molecule has 0 unspecified atom stereocenters. The van der Waals surface area contributed by atoms with Gasteiger partial charge in [0.15, 0.2) is 0 Å². The Kier molecular flexibility index (Phi) is 5.00. The zero-order valence-electron chi connectivity index (χ0n) is 24.4. The smallest absolute Gasteiger partial charge is 0.0782 e. The summed E-state index contributed by atoms with van der Waals surface area (Å²) in [7, 11) is 0. The molecule has 0 N–H and O–H groups in total. The zero-order valence-corrected chi connectivity index (χ0v) is 24.4. The number of aromatic nitrogens is 3. The van der Waals surface area contributed by atoms with Gasteiger partial charge in [0.2, 0.25) is 0 Å². The van der Waals surface area contributed by atoms with Crippen LogP contribution in [0.2, 0.25) is 0 Å². The fourth-order valence-electron chi connectivity index (χ4n) is 7.66. The Labute approximate surface area is 259 Å². The Bertz CT molecular complexity index is 2700. The van der Waals surface area contributed by atoms with E-state index in [-0.39, 0.29) is 0 Å². The Balaban J connectivity index is 1.41. The third-order valence-electron chi connectivity index (χ3n) is 9.43. The molecular weight excluding hydrogens is 546 g/mol. The van der Waals surface area contributed by atoms with Crippen LogP contribution in [-0.4, -0.2) is 13.7 Å². The maximum absolute atomic E-state index is 2.51. The number of rotatable bonds is 3. The van der Waals surface area contributed by atoms with Crippen molar-refractivity contribution in [1.29, 1.82) is 0 Å². The molecule has 7 aromatic carbocycles. The molecule has 10 aromatic rings. The summed E-state index contributed by atoms with van der Waals surface area (Å²) in [5, 5.41) is 7.51. The largest absolute Gasteiger partial charge is 0.309 e. The molecule has 0 bridgehead atoms. The van der Waals surface area contributed by atoms with Crippen LogP contribution in [0.15, 0.2) is 164 Å². The standard InChI is InChI=1S/C42H27N3/c1-2-14-28(15-3-1)43-37-24-11-7-19-33(37)41-38(43)25-13-26-39(41)45-36-23-10-6-18-31(36)32-20-12-27-40(42(32)45)44-34-21-8-4-16-29(34)30-17-5-9-22-35(30)44/h1-27H. The highest BCUT2D eigenvalue weighted by atomic mass is 15.1. The number of para-hydroxylation sites is 6. The molecule has 0 atom stereocenters. The third kappa shape index (κ3) is 3.30. The van der Waals surface area contributed by atoms with Crippen molar-refractivity contribution in [2.75, 3.05) is 0 Å². The number of nitrogens with zero attached hydrogens (tertiary/aromatic N) is 3. The first-order valence-electron chi connectivity index (χ1n) is 15.5. The van der Waals surface area contributed by atoms with E-state index < -0.39 is 0 Å². The van der Waals surface area contributed by atoms with E-state index in [0.717, 1.165) is 5.69 Å². The van der Waals surface area contributed by atoms with Crippen molar-refractivity contribution in [2.24, 2.45) is 0 Å². The van der Waals surface area contributed by atoms with Crippen LogP contribution in [0.1, 0.15) is 0 Å². The highest BCUT2D eigenvalue weighted by Gasteiger charge is 2.22. The first-order chi connectivity index (χ1) is 22.4. The molecule has 0 spiro atoms. The van der Waals surface area contributed by atoms with E-state index in [1.807, 2.05) is 0 Å². The summed E-state index contributed by atoms with van der Waals surface area (Å²) in [6, 6.07) is 59.4. The molecule has 0 fully saturated rings. The lowest BCUT2D eigenvalue weighted by Crippen LogP contribution is -2.01. The third-order valence-corrected chi connectivity index (χ3v) is 9.43. The van der Waals surface area contributed by atoms with Crippen molar-refractivity contribution < 1.29 is 0 Å². The van der Waals surface area contributed by atoms with Gasteiger partial charge in [-0.05, 0) is 54.6 Å². The molecule has 0 aliphatic heterocycles. The summed E-state index contributed by atoms with van der Waals surface area (Å²) in [5.41, 5.74) is 10.7. The molecule has 0 amide bonds. The Morgan fingerprint density at radius 3 is 1.38 bits per heavy atom. The second kappa shape index (κ2) is 9.22. The highest BCUT2D eigenvalue weighted by Crippen LogP contribution is 2.42. The predicted molar refractivity (Wildman–Crippen MR) is 189 cm³/mol. The van der Waals surface area contributed by atoms with Crippen molar-refractivity contribution in [3.05, 3.63) is 164 Å². The fraction of sp³-hybridized carbons (Fsp3) is 0. The summed E-state index contributed by atoms with van der Waals surface area (Å²) in [5.74, 6) is 0. The Morgan fingerprint density at radius 1 is 0.267 bits per heavy atom. The molecule has 45 heavy (non-hydrogen) atoms. The van der Waals surface area contributed by atoms with Gasteiger partial charge in [0, 0.05) is 38.0 Å². The van der Waals surface area contributed by atoms with Gasteiger partial charge in [-0.15, -0.1) is 0 Å². The van der Waals surface area contributed by atoms with E-state index in [4.69, 9.17) is 0 Å². The quantitative estimate of drug-likeness (QED) is 0.200. The minimum atomic E-state index is 1.16. The second-order valence-corrected chi connectivity index (χ2v) is 11.8. The first-order valence-corrected chi connectivity index (χ1v) is 15.5. The van der Waals surface area contributed by atoms with Gasteiger partial charge >= 0.3 is 0 Å². The predicted octanol–water partition coefficient (Wildman–Crippen LogP) is 11.0. The lowest BCUT2D eigenvalue weighted by atomic mass is 10.1. The molecule has 0 saturated carbocycles. The van der Waals surface area contributed by atoms with E-state index in [9.17, 15) is 0 Å². The Morgan fingerprint density at radius 2 is 0.711 bits per heavy atom. The van der Waals surface area contributed by atoms with Crippen LogP contribution in [0.5, 0.6) is 0 Å². The van der Waals surface area contributed by atoms with Crippen molar-refractivity contribution in [1.82, 2.24) is 13.7 Å². The van der Waals surface area contributed by atoms with Gasteiger partial charge < -0.3 is 13.7 Å². The average Bonchev–Trinajstić information content (AvgIpc) is 3.75. The normalized spacial score (nSPS) is 12.0. The summed E-state index contributed by atoms with van der Waals surface area (Å²) in [6.45, 7) is 0.